The van der Waals surface area contributed by atoms with Gasteiger partial charge in [0, 0.05) is 25.0 Å². The van der Waals surface area contributed by atoms with Crippen LogP contribution in [0.25, 0.3) is 5.69 Å². The predicted octanol–water partition coefficient (Wildman–Crippen LogP) is 3.63. The van der Waals surface area contributed by atoms with Gasteiger partial charge in [0.2, 0.25) is 5.91 Å². The lowest BCUT2D eigenvalue weighted by atomic mass is 9.97. The van der Waals surface area contributed by atoms with Crippen molar-refractivity contribution in [3.8, 4) is 5.69 Å². The van der Waals surface area contributed by atoms with Gasteiger partial charge in [-0.1, -0.05) is 6.07 Å². The predicted molar refractivity (Wildman–Crippen MR) is 119 cm³/mol. The summed E-state index contributed by atoms with van der Waals surface area (Å²) in [5.41, 5.74) is 0.935. The highest BCUT2D eigenvalue weighted by Crippen LogP contribution is 2.22. The smallest absolute Gasteiger partial charge is 0.410 e. The van der Waals surface area contributed by atoms with Gasteiger partial charge >= 0.3 is 12.1 Å². The molecule has 1 aliphatic rings. The zero-order chi connectivity index (χ0) is 23.3. The van der Waals surface area contributed by atoms with Crippen LogP contribution in [0.15, 0.2) is 36.5 Å². The number of nitrogens with zero attached hydrogens (tertiary/aromatic N) is 3. The molecule has 0 spiro atoms. The molecule has 172 valence electrons. The molecule has 2 aromatic rings. The van der Waals surface area contributed by atoms with Gasteiger partial charge in [0.05, 0.1) is 18.2 Å². The second kappa shape index (κ2) is 9.84. The lowest BCUT2D eigenvalue weighted by Crippen LogP contribution is -2.45. The van der Waals surface area contributed by atoms with E-state index in [4.69, 9.17) is 9.47 Å². The van der Waals surface area contributed by atoms with E-state index in [1.54, 1.807) is 47.0 Å². The van der Waals surface area contributed by atoms with Crippen molar-refractivity contribution in [1.29, 1.82) is 0 Å². The second-order valence-electron chi connectivity index (χ2n) is 8.67. The summed E-state index contributed by atoms with van der Waals surface area (Å²) in [6, 6.07) is 8.75. The number of likely N-dealkylation sites (tertiary alicyclic amines) is 1. The molecule has 0 bridgehead atoms. The number of rotatable bonds is 5. The van der Waals surface area contributed by atoms with E-state index in [-0.39, 0.29) is 24.1 Å². The van der Waals surface area contributed by atoms with Gasteiger partial charge in [-0.15, -0.1) is 0 Å². The van der Waals surface area contributed by atoms with Crippen LogP contribution >= 0.6 is 0 Å². The Morgan fingerprint density at radius 1 is 1.22 bits per heavy atom. The minimum Gasteiger partial charge on any atom is -0.461 e. The van der Waals surface area contributed by atoms with Crippen molar-refractivity contribution in [2.75, 3.05) is 25.0 Å². The number of hydrogen-bond donors (Lipinski definition) is 1. The number of piperidine rings is 1. The molecule has 9 heteroatoms. The molecule has 0 unspecified atom stereocenters. The standard InChI is InChI=1S/C23H30N4O5/c1-5-31-21(29)19-11-13-27(25-19)18-10-6-9-17(14-18)24-20(28)16-8-7-12-26(15-16)22(30)32-23(2,3)4/h6,9-11,13-14,16H,5,7-8,12,15H2,1-4H3,(H,24,28)/t16-/m0/s1. The van der Waals surface area contributed by atoms with Gasteiger partial charge in [0.1, 0.15) is 5.60 Å². The lowest BCUT2D eigenvalue weighted by Gasteiger charge is -2.33. The number of ether oxygens (including phenoxy) is 2. The van der Waals surface area contributed by atoms with Gasteiger partial charge < -0.3 is 19.7 Å². The van der Waals surface area contributed by atoms with E-state index in [9.17, 15) is 14.4 Å². The molecule has 1 N–H and O–H groups in total. The SMILES string of the molecule is CCOC(=O)c1ccn(-c2cccc(NC(=O)[C@H]3CCCN(C(=O)OC(C)(C)C)C3)c2)n1. The Kier molecular flexibility index (Phi) is 7.17. The van der Waals surface area contributed by atoms with E-state index in [0.29, 0.717) is 30.9 Å². The molecule has 1 aliphatic heterocycles. The summed E-state index contributed by atoms with van der Waals surface area (Å²) in [7, 11) is 0. The Labute approximate surface area is 187 Å². The van der Waals surface area contributed by atoms with E-state index in [1.165, 1.54) is 0 Å². The van der Waals surface area contributed by atoms with Crippen molar-refractivity contribution in [2.45, 2.75) is 46.1 Å². The van der Waals surface area contributed by atoms with Crippen LogP contribution < -0.4 is 5.32 Å². The Balaban J connectivity index is 1.64. The van der Waals surface area contributed by atoms with Crippen molar-refractivity contribution < 1.29 is 23.9 Å². The molecular weight excluding hydrogens is 412 g/mol. The molecule has 2 heterocycles. The first-order chi connectivity index (χ1) is 15.2. The van der Waals surface area contributed by atoms with Crippen molar-refractivity contribution in [1.82, 2.24) is 14.7 Å². The fourth-order valence-electron chi connectivity index (χ4n) is 3.44. The fraction of sp³-hybridized carbons (Fsp3) is 0.478. The molecule has 1 saturated heterocycles. The number of carbonyl (C=O) groups is 3. The average Bonchev–Trinajstić information content (AvgIpc) is 3.23. The second-order valence-corrected chi connectivity index (χ2v) is 8.67. The average molecular weight is 443 g/mol. The first kappa shape index (κ1) is 23.3. The van der Waals surface area contributed by atoms with Crippen LogP contribution in [0.5, 0.6) is 0 Å². The van der Waals surface area contributed by atoms with E-state index in [2.05, 4.69) is 10.4 Å². The molecule has 1 aromatic carbocycles. The summed E-state index contributed by atoms with van der Waals surface area (Å²) in [5, 5.41) is 7.17. The fourth-order valence-corrected chi connectivity index (χ4v) is 3.44. The Morgan fingerprint density at radius 3 is 2.72 bits per heavy atom. The monoisotopic (exact) mass is 442 g/mol. The quantitative estimate of drug-likeness (QED) is 0.710. The van der Waals surface area contributed by atoms with E-state index >= 15 is 0 Å². The number of hydrogen-bond acceptors (Lipinski definition) is 6. The number of amides is 2. The Morgan fingerprint density at radius 2 is 2.00 bits per heavy atom. The zero-order valence-electron chi connectivity index (χ0n) is 19.0. The van der Waals surface area contributed by atoms with E-state index in [1.807, 2.05) is 26.8 Å². The van der Waals surface area contributed by atoms with Gasteiger partial charge in [0.15, 0.2) is 5.69 Å². The minimum absolute atomic E-state index is 0.150. The van der Waals surface area contributed by atoms with Crippen molar-refractivity contribution >= 4 is 23.7 Å². The molecule has 0 radical (unpaired) electrons. The maximum absolute atomic E-state index is 12.9. The number of aromatic nitrogens is 2. The molecule has 0 aliphatic carbocycles. The molecular formula is C23H30N4O5. The Hall–Kier alpha value is -3.36. The van der Waals surface area contributed by atoms with Crippen LogP contribution in [0.1, 0.15) is 51.0 Å². The minimum atomic E-state index is -0.577. The highest BCUT2D eigenvalue weighted by Gasteiger charge is 2.31. The number of anilines is 1. The van der Waals surface area contributed by atoms with Crippen LogP contribution in [0.3, 0.4) is 0 Å². The van der Waals surface area contributed by atoms with Crippen LogP contribution in [0, 0.1) is 5.92 Å². The van der Waals surface area contributed by atoms with Gasteiger partial charge in [0.25, 0.3) is 0 Å². The number of benzene rings is 1. The van der Waals surface area contributed by atoms with Gasteiger partial charge in [-0.2, -0.15) is 5.10 Å². The van der Waals surface area contributed by atoms with Crippen LogP contribution in [-0.2, 0) is 14.3 Å². The summed E-state index contributed by atoms with van der Waals surface area (Å²) < 4.78 is 11.9. The first-order valence-electron chi connectivity index (χ1n) is 10.8. The highest BCUT2D eigenvalue weighted by molar-refractivity contribution is 5.93. The summed E-state index contributed by atoms with van der Waals surface area (Å²) >= 11 is 0. The third-order valence-electron chi connectivity index (χ3n) is 4.90. The van der Waals surface area contributed by atoms with Crippen molar-refractivity contribution in [2.24, 2.45) is 5.92 Å². The molecule has 1 aromatic heterocycles. The molecule has 3 rings (SSSR count). The number of carbonyl (C=O) groups excluding carboxylic acids is 3. The van der Waals surface area contributed by atoms with E-state index < -0.39 is 17.7 Å². The van der Waals surface area contributed by atoms with Gasteiger partial charge in [-0.3, -0.25) is 4.79 Å². The maximum Gasteiger partial charge on any atom is 0.410 e. The van der Waals surface area contributed by atoms with Gasteiger partial charge in [-0.25, -0.2) is 14.3 Å². The maximum atomic E-state index is 12.9. The molecule has 32 heavy (non-hydrogen) atoms. The largest absolute Gasteiger partial charge is 0.461 e. The van der Waals surface area contributed by atoms with Crippen molar-refractivity contribution in [3.63, 3.8) is 0 Å². The van der Waals surface area contributed by atoms with Crippen LogP contribution in [0.2, 0.25) is 0 Å². The Bertz CT molecular complexity index is 979. The lowest BCUT2D eigenvalue weighted by molar-refractivity contribution is -0.121. The summed E-state index contributed by atoms with van der Waals surface area (Å²) in [5.74, 6) is -0.953. The topological polar surface area (TPSA) is 103 Å². The molecule has 1 atom stereocenters. The third-order valence-corrected chi connectivity index (χ3v) is 4.90. The van der Waals surface area contributed by atoms with Crippen molar-refractivity contribution in [3.05, 3.63) is 42.2 Å². The van der Waals surface area contributed by atoms with Crippen LogP contribution in [-0.4, -0.2) is 57.9 Å². The van der Waals surface area contributed by atoms with Gasteiger partial charge in [-0.05, 0) is 64.8 Å². The summed E-state index contributed by atoms with van der Waals surface area (Å²) in [6.07, 6.45) is 2.70. The van der Waals surface area contributed by atoms with E-state index in [0.717, 1.165) is 6.42 Å². The number of nitrogens with one attached hydrogen (secondary N) is 1. The first-order valence-corrected chi connectivity index (χ1v) is 10.8. The number of esters is 1. The van der Waals surface area contributed by atoms with Crippen LogP contribution in [0.4, 0.5) is 10.5 Å². The zero-order valence-corrected chi connectivity index (χ0v) is 19.0. The summed E-state index contributed by atoms with van der Waals surface area (Å²) in [4.78, 5) is 38.7. The molecule has 9 nitrogen and oxygen atoms in total. The highest BCUT2D eigenvalue weighted by atomic mass is 16.6. The normalized spacial score (nSPS) is 16.4. The molecule has 0 saturated carbocycles. The summed E-state index contributed by atoms with van der Waals surface area (Å²) in [6.45, 7) is 8.38. The molecule has 2 amide bonds. The third kappa shape index (κ3) is 6.09. The molecule has 1 fully saturated rings.